The first-order chi connectivity index (χ1) is 7.42. The second-order valence-corrected chi connectivity index (χ2v) is 4.25. The summed E-state index contributed by atoms with van der Waals surface area (Å²) < 4.78 is 0. The lowest BCUT2D eigenvalue weighted by atomic mass is 9.82. The van der Waals surface area contributed by atoms with Crippen molar-refractivity contribution in [2.24, 2.45) is 5.92 Å². The zero-order valence-corrected chi connectivity index (χ0v) is 8.61. The Bertz CT molecular complexity index is 425. The zero-order chi connectivity index (χ0) is 10.1. The normalized spacial score (nSPS) is 16.8. The molecule has 0 amide bonds. The summed E-state index contributed by atoms with van der Waals surface area (Å²) in [4.78, 5) is 16.0. The first kappa shape index (κ1) is 8.83. The lowest BCUT2D eigenvalue weighted by Crippen LogP contribution is -2.11. The van der Waals surface area contributed by atoms with Crippen LogP contribution in [0.4, 0.5) is 0 Å². The summed E-state index contributed by atoms with van der Waals surface area (Å²) in [5.41, 5.74) is 1.54. The maximum Gasteiger partial charge on any atom is 0.197 e. The molecule has 0 spiro atoms. The van der Waals surface area contributed by atoms with E-state index in [1.807, 2.05) is 0 Å². The van der Waals surface area contributed by atoms with Gasteiger partial charge in [0.2, 0.25) is 0 Å². The van der Waals surface area contributed by atoms with Crippen LogP contribution in [0, 0.1) is 5.92 Å². The van der Waals surface area contributed by atoms with E-state index in [4.69, 9.17) is 0 Å². The second kappa shape index (κ2) is 3.61. The molecule has 0 radical (unpaired) electrons. The van der Waals surface area contributed by atoms with Gasteiger partial charge in [0.15, 0.2) is 11.3 Å². The molecule has 1 fully saturated rings. The molecule has 78 valence electrons. The summed E-state index contributed by atoms with van der Waals surface area (Å²) in [6, 6.07) is 0. The van der Waals surface area contributed by atoms with Crippen LogP contribution in [0.2, 0.25) is 0 Å². The van der Waals surface area contributed by atoms with Gasteiger partial charge in [-0.3, -0.25) is 0 Å². The minimum atomic E-state index is 0.737. The van der Waals surface area contributed by atoms with Gasteiger partial charge in [0.05, 0.1) is 0 Å². The van der Waals surface area contributed by atoms with Crippen LogP contribution >= 0.6 is 0 Å². The summed E-state index contributed by atoms with van der Waals surface area (Å²) in [6.07, 6.45) is 9.86. The van der Waals surface area contributed by atoms with Crippen LogP contribution in [-0.4, -0.2) is 19.9 Å². The van der Waals surface area contributed by atoms with Gasteiger partial charge in [0, 0.05) is 18.8 Å². The standard InChI is InChI=1S/C11H14N4/c1-2-8(3-1)4-5-9-14-10-11(15-9)13-7-6-12-10/h6-8H,1-5H2,(H,12,13,14,15). The smallest absolute Gasteiger partial charge is 0.197 e. The van der Waals surface area contributed by atoms with E-state index in [1.165, 1.54) is 25.7 Å². The van der Waals surface area contributed by atoms with Gasteiger partial charge in [0.25, 0.3) is 0 Å². The third-order valence-electron chi connectivity index (χ3n) is 3.20. The summed E-state index contributed by atoms with van der Waals surface area (Å²) in [5.74, 6) is 1.96. The number of aromatic amines is 1. The highest BCUT2D eigenvalue weighted by Crippen LogP contribution is 2.30. The van der Waals surface area contributed by atoms with Gasteiger partial charge in [-0.05, 0) is 12.3 Å². The SMILES string of the molecule is c1cnc2[nH]c(CCC3CCC3)nc2n1. The number of hydrogen-bond donors (Lipinski definition) is 1. The molecule has 3 rings (SSSR count). The van der Waals surface area contributed by atoms with Crippen molar-refractivity contribution in [3.05, 3.63) is 18.2 Å². The summed E-state index contributed by atoms with van der Waals surface area (Å²) in [6.45, 7) is 0. The molecule has 2 aromatic heterocycles. The molecule has 0 atom stereocenters. The van der Waals surface area contributed by atoms with E-state index in [0.717, 1.165) is 29.5 Å². The lowest BCUT2D eigenvalue weighted by molar-refractivity contribution is 0.295. The van der Waals surface area contributed by atoms with Crippen molar-refractivity contribution < 1.29 is 0 Å². The van der Waals surface area contributed by atoms with Gasteiger partial charge in [0.1, 0.15) is 5.82 Å². The Morgan fingerprint density at radius 3 is 2.87 bits per heavy atom. The predicted octanol–water partition coefficient (Wildman–Crippen LogP) is 2.09. The maximum absolute atomic E-state index is 4.41. The maximum atomic E-state index is 4.41. The number of imidazole rings is 1. The minimum absolute atomic E-state index is 0.737. The number of hydrogen-bond acceptors (Lipinski definition) is 3. The number of nitrogens with zero attached hydrogens (tertiary/aromatic N) is 3. The van der Waals surface area contributed by atoms with Crippen LogP contribution in [0.25, 0.3) is 11.3 Å². The molecule has 0 unspecified atom stereocenters. The summed E-state index contributed by atoms with van der Waals surface area (Å²) in [7, 11) is 0. The van der Waals surface area contributed by atoms with E-state index in [2.05, 4.69) is 19.9 Å². The van der Waals surface area contributed by atoms with Crippen LogP contribution in [0.15, 0.2) is 12.4 Å². The number of nitrogens with one attached hydrogen (secondary N) is 1. The van der Waals surface area contributed by atoms with Crippen LogP contribution in [0.3, 0.4) is 0 Å². The molecule has 1 saturated carbocycles. The van der Waals surface area contributed by atoms with Crippen LogP contribution in [0.1, 0.15) is 31.5 Å². The third-order valence-corrected chi connectivity index (χ3v) is 3.20. The van der Waals surface area contributed by atoms with E-state index in [0.29, 0.717) is 0 Å². The molecule has 4 nitrogen and oxygen atoms in total. The molecule has 1 aliphatic rings. The highest BCUT2D eigenvalue weighted by atomic mass is 15.0. The highest BCUT2D eigenvalue weighted by Gasteiger charge is 2.17. The van der Waals surface area contributed by atoms with Crippen molar-refractivity contribution in [3.8, 4) is 0 Å². The molecule has 0 aromatic carbocycles. The van der Waals surface area contributed by atoms with Crippen molar-refractivity contribution in [2.75, 3.05) is 0 Å². The average molecular weight is 202 g/mol. The van der Waals surface area contributed by atoms with Crippen molar-refractivity contribution in [3.63, 3.8) is 0 Å². The van der Waals surface area contributed by atoms with Gasteiger partial charge in [-0.15, -0.1) is 0 Å². The van der Waals surface area contributed by atoms with Crippen molar-refractivity contribution in [2.45, 2.75) is 32.1 Å². The van der Waals surface area contributed by atoms with Crippen molar-refractivity contribution in [1.29, 1.82) is 0 Å². The van der Waals surface area contributed by atoms with Gasteiger partial charge < -0.3 is 4.98 Å². The topological polar surface area (TPSA) is 54.5 Å². The fraction of sp³-hybridized carbons (Fsp3) is 0.545. The van der Waals surface area contributed by atoms with Gasteiger partial charge >= 0.3 is 0 Å². The molecule has 1 aliphatic carbocycles. The van der Waals surface area contributed by atoms with Crippen molar-refractivity contribution in [1.82, 2.24) is 19.9 Å². The summed E-state index contributed by atoms with van der Waals surface area (Å²) in [5, 5.41) is 0. The molecule has 0 bridgehead atoms. The number of H-pyrrole nitrogens is 1. The largest absolute Gasteiger partial charge is 0.325 e. The van der Waals surface area contributed by atoms with E-state index >= 15 is 0 Å². The molecule has 15 heavy (non-hydrogen) atoms. The fourth-order valence-electron chi connectivity index (χ4n) is 2.03. The quantitative estimate of drug-likeness (QED) is 0.829. The Labute approximate surface area is 88.2 Å². The molecular weight excluding hydrogens is 188 g/mol. The molecule has 0 aliphatic heterocycles. The van der Waals surface area contributed by atoms with E-state index in [-0.39, 0.29) is 0 Å². The van der Waals surface area contributed by atoms with Gasteiger partial charge in [-0.1, -0.05) is 19.3 Å². The van der Waals surface area contributed by atoms with Crippen molar-refractivity contribution >= 4 is 11.3 Å². The number of aromatic nitrogens is 4. The van der Waals surface area contributed by atoms with Gasteiger partial charge in [-0.25, -0.2) is 15.0 Å². The molecule has 0 saturated heterocycles. The minimum Gasteiger partial charge on any atom is -0.325 e. The monoisotopic (exact) mass is 202 g/mol. The van der Waals surface area contributed by atoms with Crippen LogP contribution in [-0.2, 0) is 6.42 Å². The number of rotatable bonds is 3. The Morgan fingerprint density at radius 2 is 2.13 bits per heavy atom. The van der Waals surface area contributed by atoms with E-state index < -0.39 is 0 Å². The lowest BCUT2D eigenvalue weighted by Gasteiger charge is -2.24. The zero-order valence-electron chi connectivity index (χ0n) is 8.61. The van der Waals surface area contributed by atoms with Crippen LogP contribution in [0.5, 0.6) is 0 Å². The third kappa shape index (κ3) is 1.71. The second-order valence-electron chi connectivity index (χ2n) is 4.25. The average Bonchev–Trinajstić information content (AvgIpc) is 2.57. The molecule has 2 heterocycles. The van der Waals surface area contributed by atoms with Gasteiger partial charge in [-0.2, -0.15) is 0 Å². The molecule has 1 N–H and O–H groups in total. The Morgan fingerprint density at radius 1 is 1.27 bits per heavy atom. The van der Waals surface area contributed by atoms with E-state index in [1.54, 1.807) is 12.4 Å². The fourth-order valence-corrected chi connectivity index (χ4v) is 2.03. The first-order valence-corrected chi connectivity index (χ1v) is 5.57. The Balaban J connectivity index is 1.73. The first-order valence-electron chi connectivity index (χ1n) is 5.57. The summed E-state index contributed by atoms with van der Waals surface area (Å²) >= 11 is 0. The predicted molar refractivity (Wildman–Crippen MR) is 57.3 cm³/mol. The van der Waals surface area contributed by atoms with E-state index in [9.17, 15) is 0 Å². The van der Waals surface area contributed by atoms with Crippen LogP contribution < -0.4 is 0 Å². The Kier molecular flexibility index (Phi) is 2.12. The Hall–Kier alpha value is -1.45. The molecular formula is C11H14N4. The molecule has 4 heteroatoms. The molecule has 2 aromatic rings. The number of fused-ring (bicyclic) bond motifs is 1. The highest BCUT2D eigenvalue weighted by molar-refractivity contribution is 5.64. The number of aryl methyl sites for hydroxylation is 1.